The number of nitrogens with zero attached hydrogens (tertiary/aromatic N) is 1. The minimum atomic E-state index is 0.303. The Morgan fingerprint density at radius 2 is 2.16 bits per heavy atom. The molecule has 1 aromatic rings. The maximum atomic E-state index is 12.3. The van der Waals surface area contributed by atoms with E-state index in [9.17, 15) is 4.79 Å². The Hall–Kier alpha value is -0.830. The van der Waals surface area contributed by atoms with Crippen molar-refractivity contribution in [3.63, 3.8) is 0 Å². The highest BCUT2D eigenvalue weighted by molar-refractivity contribution is 9.09. The molecular weight excluding hydrogens is 302 g/mol. The normalized spacial score (nSPS) is 18.8. The van der Waals surface area contributed by atoms with Crippen LogP contribution in [-0.4, -0.2) is 22.7 Å². The molecule has 1 aliphatic rings. The lowest BCUT2D eigenvalue weighted by Crippen LogP contribution is -2.30. The third kappa shape index (κ3) is 3.59. The number of hydrogen-bond acceptors (Lipinski definition) is 1. The second kappa shape index (κ2) is 7.09. The van der Waals surface area contributed by atoms with Crippen molar-refractivity contribution < 1.29 is 4.79 Å². The van der Waals surface area contributed by atoms with Gasteiger partial charge in [0.2, 0.25) is 5.91 Å². The van der Waals surface area contributed by atoms with Gasteiger partial charge in [-0.3, -0.25) is 4.79 Å². The summed E-state index contributed by atoms with van der Waals surface area (Å²) in [5.74, 6) is 0.326. The number of hydrogen-bond donors (Lipinski definition) is 0. The molecule has 0 bridgehead atoms. The Labute approximate surface area is 124 Å². The molecule has 19 heavy (non-hydrogen) atoms. The predicted molar refractivity (Wildman–Crippen MR) is 82.5 cm³/mol. The Balaban J connectivity index is 2.05. The van der Waals surface area contributed by atoms with Gasteiger partial charge in [-0.05, 0) is 43.7 Å². The van der Waals surface area contributed by atoms with Gasteiger partial charge in [-0.15, -0.1) is 0 Å². The van der Waals surface area contributed by atoms with E-state index < -0.39 is 0 Å². The zero-order chi connectivity index (χ0) is 13.7. The van der Waals surface area contributed by atoms with Crippen LogP contribution in [0.25, 0.3) is 0 Å². The van der Waals surface area contributed by atoms with Gasteiger partial charge in [-0.25, -0.2) is 0 Å². The van der Waals surface area contributed by atoms with Crippen LogP contribution < -0.4 is 0 Å². The summed E-state index contributed by atoms with van der Waals surface area (Å²) in [6.07, 6.45) is 4.99. The van der Waals surface area contributed by atoms with Gasteiger partial charge < -0.3 is 4.90 Å². The topological polar surface area (TPSA) is 20.3 Å². The summed E-state index contributed by atoms with van der Waals surface area (Å²) in [6.45, 7) is 3.06. The van der Waals surface area contributed by atoms with E-state index in [1.165, 1.54) is 11.1 Å². The van der Waals surface area contributed by atoms with Gasteiger partial charge >= 0.3 is 0 Å². The van der Waals surface area contributed by atoms with Crippen molar-refractivity contribution in [3.05, 3.63) is 35.4 Å². The fraction of sp³-hybridized carbons (Fsp3) is 0.562. The number of amides is 1. The number of aryl methyl sites for hydroxylation is 1. The predicted octanol–water partition coefficient (Wildman–Crippen LogP) is 4.22. The first-order chi connectivity index (χ1) is 9.24. The van der Waals surface area contributed by atoms with Crippen molar-refractivity contribution in [2.45, 2.75) is 45.1 Å². The summed E-state index contributed by atoms with van der Waals surface area (Å²) in [4.78, 5) is 14.4. The van der Waals surface area contributed by atoms with E-state index in [0.717, 1.165) is 37.6 Å². The van der Waals surface area contributed by atoms with Crippen LogP contribution in [0, 0.1) is 6.92 Å². The highest BCUT2D eigenvalue weighted by atomic mass is 79.9. The van der Waals surface area contributed by atoms with E-state index in [0.29, 0.717) is 18.4 Å². The number of unbranched alkanes of at least 4 members (excludes halogenated alkanes) is 1. The standard InChI is InChI=1S/C16H22BrNO/c1-13-7-2-3-8-14(13)15-9-6-12-18(15)16(19)10-4-5-11-17/h2-3,7-8,15H,4-6,9-12H2,1H3. The lowest BCUT2D eigenvalue weighted by Gasteiger charge is -2.26. The molecule has 2 nitrogen and oxygen atoms in total. The van der Waals surface area contributed by atoms with E-state index in [4.69, 9.17) is 0 Å². The van der Waals surface area contributed by atoms with E-state index >= 15 is 0 Å². The van der Waals surface area contributed by atoms with Crippen molar-refractivity contribution in [1.82, 2.24) is 4.90 Å². The summed E-state index contributed by atoms with van der Waals surface area (Å²) in [6, 6.07) is 8.76. The third-order valence-corrected chi connectivity index (χ3v) is 4.46. The first kappa shape index (κ1) is 14.6. The number of halogens is 1. The average molecular weight is 324 g/mol. The Bertz CT molecular complexity index is 433. The van der Waals surface area contributed by atoms with Gasteiger partial charge in [-0.2, -0.15) is 0 Å². The fourth-order valence-electron chi connectivity index (χ4n) is 2.86. The molecule has 1 atom stereocenters. The molecule has 2 rings (SSSR count). The quantitative estimate of drug-likeness (QED) is 0.586. The van der Waals surface area contributed by atoms with Crippen LogP contribution in [0.4, 0.5) is 0 Å². The van der Waals surface area contributed by atoms with Crippen LogP contribution in [0.3, 0.4) is 0 Å². The third-order valence-electron chi connectivity index (χ3n) is 3.89. The molecule has 0 N–H and O–H groups in total. The second-order valence-electron chi connectivity index (χ2n) is 5.25. The molecule has 1 saturated heterocycles. The lowest BCUT2D eigenvalue weighted by atomic mass is 9.99. The Kier molecular flexibility index (Phi) is 5.44. The Morgan fingerprint density at radius 3 is 2.89 bits per heavy atom. The van der Waals surface area contributed by atoms with Gasteiger partial charge in [0.05, 0.1) is 6.04 Å². The molecule has 1 aromatic carbocycles. The van der Waals surface area contributed by atoms with E-state index in [-0.39, 0.29) is 0 Å². The summed E-state index contributed by atoms with van der Waals surface area (Å²) in [7, 11) is 0. The highest BCUT2D eigenvalue weighted by Crippen LogP contribution is 2.34. The summed E-state index contributed by atoms with van der Waals surface area (Å²) >= 11 is 3.42. The van der Waals surface area contributed by atoms with E-state index in [2.05, 4.69) is 52.0 Å². The summed E-state index contributed by atoms with van der Waals surface area (Å²) < 4.78 is 0. The number of alkyl halides is 1. The molecule has 104 valence electrons. The summed E-state index contributed by atoms with van der Waals surface area (Å²) in [5, 5.41) is 0.988. The minimum absolute atomic E-state index is 0.303. The van der Waals surface area contributed by atoms with E-state index in [1.807, 2.05) is 0 Å². The Morgan fingerprint density at radius 1 is 1.37 bits per heavy atom. The second-order valence-corrected chi connectivity index (χ2v) is 6.04. The zero-order valence-electron chi connectivity index (χ0n) is 11.6. The van der Waals surface area contributed by atoms with Crippen molar-refractivity contribution in [2.24, 2.45) is 0 Å². The SMILES string of the molecule is Cc1ccccc1C1CCCN1C(=O)CCCCBr. The number of benzene rings is 1. The average Bonchev–Trinajstić information content (AvgIpc) is 2.88. The molecule has 0 spiro atoms. The van der Waals surface area contributed by atoms with Crippen LogP contribution in [0.5, 0.6) is 0 Å². The lowest BCUT2D eigenvalue weighted by molar-refractivity contribution is -0.132. The zero-order valence-corrected chi connectivity index (χ0v) is 13.2. The van der Waals surface area contributed by atoms with Crippen molar-refractivity contribution >= 4 is 21.8 Å². The van der Waals surface area contributed by atoms with Crippen molar-refractivity contribution in [2.75, 3.05) is 11.9 Å². The van der Waals surface area contributed by atoms with Gasteiger partial charge in [-0.1, -0.05) is 40.2 Å². The molecule has 0 aromatic heterocycles. The smallest absolute Gasteiger partial charge is 0.223 e. The van der Waals surface area contributed by atoms with Gasteiger partial charge in [0.25, 0.3) is 0 Å². The van der Waals surface area contributed by atoms with Crippen LogP contribution in [0.15, 0.2) is 24.3 Å². The molecule has 1 unspecified atom stereocenters. The molecule has 3 heteroatoms. The van der Waals surface area contributed by atoms with Gasteiger partial charge in [0.15, 0.2) is 0 Å². The number of carbonyl (C=O) groups excluding carboxylic acids is 1. The molecule has 1 heterocycles. The maximum absolute atomic E-state index is 12.3. The van der Waals surface area contributed by atoms with Crippen LogP contribution in [-0.2, 0) is 4.79 Å². The highest BCUT2D eigenvalue weighted by Gasteiger charge is 2.29. The van der Waals surface area contributed by atoms with E-state index in [1.54, 1.807) is 0 Å². The molecule has 1 fully saturated rings. The first-order valence-corrected chi connectivity index (χ1v) is 8.27. The summed E-state index contributed by atoms with van der Waals surface area (Å²) in [5.41, 5.74) is 2.63. The van der Waals surface area contributed by atoms with Crippen LogP contribution >= 0.6 is 15.9 Å². The van der Waals surface area contributed by atoms with Gasteiger partial charge in [0.1, 0.15) is 0 Å². The maximum Gasteiger partial charge on any atom is 0.223 e. The number of carbonyl (C=O) groups is 1. The molecule has 0 aliphatic carbocycles. The van der Waals surface area contributed by atoms with Gasteiger partial charge in [0, 0.05) is 18.3 Å². The number of rotatable bonds is 5. The molecule has 0 radical (unpaired) electrons. The van der Waals surface area contributed by atoms with Crippen molar-refractivity contribution in [3.8, 4) is 0 Å². The minimum Gasteiger partial charge on any atom is -0.336 e. The molecule has 0 saturated carbocycles. The molecule has 1 amide bonds. The monoisotopic (exact) mass is 323 g/mol. The molecule has 1 aliphatic heterocycles. The largest absolute Gasteiger partial charge is 0.336 e. The van der Waals surface area contributed by atoms with Crippen molar-refractivity contribution in [1.29, 1.82) is 0 Å². The number of likely N-dealkylation sites (tertiary alicyclic amines) is 1. The first-order valence-electron chi connectivity index (χ1n) is 7.15. The van der Waals surface area contributed by atoms with Crippen LogP contribution in [0.2, 0.25) is 0 Å². The van der Waals surface area contributed by atoms with Crippen LogP contribution in [0.1, 0.15) is 49.3 Å². The fourth-order valence-corrected chi connectivity index (χ4v) is 3.26. The molecular formula is C16H22BrNO.